The van der Waals surface area contributed by atoms with Crippen LogP contribution in [0.25, 0.3) is 0 Å². The quantitative estimate of drug-likeness (QED) is 0.748. The molecule has 0 aromatic heterocycles. The zero-order valence-corrected chi connectivity index (χ0v) is 12.4. The molecule has 2 fully saturated rings. The number of carbonyl (C=O) groups is 1. The van der Waals surface area contributed by atoms with E-state index in [9.17, 15) is 4.79 Å². The zero-order valence-electron chi connectivity index (χ0n) is 12.4. The molecule has 1 saturated carbocycles. The highest BCUT2D eigenvalue weighted by atomic mass is 16.5. The largest absolute Gasteiger partial charge is 0.468 e. The summed E-state index contributed by atoms with van der Waals surface area (Å²) in [6.07, 6.45) is 8.76. The van der Waals surface area contributed by atoms with Gasteiger partial charge >= 0.3 is 5.97 Å². The SMILES string of the molecule is CCC1CCCCCN1CC(NC1CC1)C(=O)OC. The Labute approximate surface area is 116 Å². The molecule has 0 aromatic rings. The number of nitrogens with zero attached hydrogens (tertiary/aromatic N) is 1. The van der Waals surface area contributed by atoms with Gasteiger partial charge in [0.2, 0.25) is 0 Å². The molecule has 0 aromatic carbocycles. The molecule has 1 saturated heterocycles. The van der Waals surface area contributed by atoms with Crippen molar-refractivity contribution in [2.45, 2.75) is 70.0 Å². The number of esters is 1. The highest BCUT2D eigenvalue weighted by Crippen LogP contribution is 2.22. The Balaban J connectivity index is 1.94. The molecule has 0 amide bonds. The number of likely N-dealkylation sites (tertiary alicyclic amines) is 1. The van der Waals surface area contributed by atoms with E-state index in [1.54, 1.807) is 0 Å². The Morgan fingerprint density at radius 1 is 1.32 bits per heavy atom. The maximum Gasteiger partial charge on any atom is 0.324 e. The van der Waals surface area contributed by atoms with Gasteiger partial charge in [-0.15, -0.1) is 0 Å². The highest BCUT2D eigenvalue weighted by Gasteiger charge is 2.32. The van der Waals surface area contributed by atoms with Gasteiger partial charge in [0.1, 0.15) is 6.04 Å². The van der Waals surface area contributed by atoms with Gasteiger partial charge in [-0.1, -0.05) is 19.8 Å². The van der Waals surface area contributed by atoms with E-state index in [1.807, 2.05) is 0 Å². The Bertz CT molecular complexity index is 292. The standard InChI is InChI=1S/C15H28N2O2/c1-3-13-7-5-4-6-10-17(13)11-14(15(18)19-2)16-12-8-9-12/h12-14,16H,3-11H2,1-2H3. The van der Waals surface area contributed by atoms with Crippen LogP contribution in [0.4, 0.5) is 0 Å². The molecule has 1 aliphatic heterocycles. The topological polar surface area (TPSA) is 41.6 Å². The molecule has 0 spiro atoms. The molecular formula is C15H28N2O2. The summed E-state index contributed by atoms with van der Waals surface area (Å²) >= 11 is 0. The number of nitrogens with one attached hydrogen (secondary N) is 1. The summed E-state index contributed by atoms with van der Waals surface area (Å²) < 4.78 is 4.95. The van der Waals surface area contributed by atoms with Crippen molar-refractivity contribution in [3.05, 3.63) is 0 Å². The Hall–Kier alpha value is -0.610. The third-order valence-corrected chi connectivity index (χ3v) is 4.39. The second-order valence-electron chi connectivity index (χ2n) is 5.92. The zero-order chi connectivity index (χ0) is 13.7. The lowest BCUT2D eigenvalue weighted by molar-refractivity contribution is -0.143. The minimum absolute atomic E-state index is 0.106. The molecule has 4 heteroatoms. The van der Waals surface area contributed by atoms with Gasteiger partial charge in [-0.2, -0.15) is 0 Å². The first-order valence-corrected chi connectivity index (χ1v) is 7.82. The van der Waals surface area contributed by atoms with Gasteiger partial charge in [-0.05, 0) is 38.6 Å². The first-order chi connectivity index (χ1) is 9.24. The van der Waals surface area contributed by atoms with E-state index >= 15 is 0 Å². The molecule has 19 heavy (non-hydrogen) atoms. The summed E-state index contributed by atoms with van der Waals surface area (Å²) in [6.45, 7) is 4.19. The molecule has 0 bridgehead atoms. The highest BCUT2D eigenvalue weighted by molar-refractivity contribution is 5.76. The van der Waals surface area contributed by atoms with Gasteiger partial charge in [0.05, 0.1) is 7.11 Å². The van der Waals surface area contributed by atoms with Crippen LogP contribution >= 0.6 is 0 Å². The Morgan fingerprint density at radius 2 is 2.11 bits per heavy atom. The van der Waals surface area contributed by atoms with Crippen LogP contribution in [0.1, 0.15) is 51.9 Å². The minimum Gasteiger partial charge on any atom is -0.468 e. The van der Waals surface area contributed by atoms with Gasteiger partial charge in [-0.25, -0.2) is 0 Å². The van der Waals surface area contributed by atoms with Gasteiger partial charge in [0, 0.05) is 18.6 Å². The van der Waals surface area contributed by atoms with Crippen LogP contribution in [-0.4, -0.2) is 49.2 Å². The first kappa shape index (κ1) is 14.8. The van der Waals surface area contributed by atoms with Crippen molar-refractivity contribution in [3.8, 4) is 0 Å². The number of hydrogen-bond donors (Lipinski definition) is 1. The van der Waals surface area contributed by atoms with Crippen LogP contribution in [0.2, 0.25) is 0 Å². The Kier molecular flexibility index (Phi) is 5.64. The average molecular weight is 268 g/mol. The van der Waals surface area contributed by atoms with Crippen LogP contribution in [0, 0.1) is 0 Å². The van der Waals surface area contributed by atoms with Crippen molar-refractivity contribution in [2.75, 3.05) is 20.2 Å². The molecular weight excluding hydrogens is 240 g/mol. The lowest BCUT2D eigenvalue weighted by Gasteiger charge is -2.32. The summed E-state index contributed by atoms with van der Waals surface area (Å²) in [5.41, 5.74) is 0. The van der Waals surface area contributed by atoms with E-state index in [2.05, 4.69) is 17.1 Å². The van der Waals surface area contributed by atoms with Crippen molar-refractivity contribution < 1.29 is 9.53 Å². The Morgan fingerprint density at radius 3 is 2.74 bits per heavy atom. The molecule has 2 aliphatic rings. The summed E-state index contributed by atoms with van der Waals surface area (Å²) in [5, 5.41) is 3.44. The fraction of sp³-hybridized carbons (Fsp3) is 0.933. The van der Waals surface area contributed by atoms with E-state index < -0.39 is 0 Å². The molecule has 4 nitrogen and oxygen atoms in total. The lowest BCUT2D eigenvalue weighted by Crippen LogP contribution is -2.50. The third kappa shape index (κ3) is 4.46. The van der Waals surface area contributed by atoms with Crippen LogP contribution in [-0.2, 0) is 9.53 Å². The second-order valence-corrected chi connectivity index (χ2v) is 5.92. The molecule has 0 radical (unpaired) electrons. The maximum atomic E-state index is 11.9. The normalized spacial score (nSPS) is 26.7. The summed E-state index contributed by atoms with van der Waals surface area (Å²) in [4.78, 5) is 14.4. The fourth-order valence-corrected chi connectivity index (χ4v) is 3.05. The minimum atomic E-state index is -0.148. The smallest absolute Gasteiger partial charge is 0.324 e. The number of carbonyl (C=O) groups excluding carboxylic acids is 1. The fourth-order valence-electron chi connectivity index (χ4n) is 3.05. The van der Waals surface area contributed by atoms with E-state index in [4.69, 9.17) is 4.74 Å². The molecule has 2 unspecified atom stereocenters. The van der Waals surface area contributed by atoms with Gasteiger partial charge in [-0.3, -0.25) is 9.69 Å². The summed E-state index contributed by atoms with van der Waals surface area (Å²) in [5.74, 6) is -0.106. The number of rotatable bonds is 6. The van der Waals surface area contributed by atoms with Crippen molar-refractivity contribution >= 4 is 5.97 Å². The second kappa shape index (κ2) is 7.25. The number of methoxy groups -OCH3 is 1. The van der Waals surface area contributed by atoms with Crippen molar-refractivity contribution in [1.82, 2.24) is 10.2 Å². The molecule has 2 atom stereocenters. The predicted molar refractivity (Wildman–Crippen MR) is 76.1 cm³/mol. The molecule has 1 N–H and O–H groups in total. The van der Waals surface area contributed by atoms with Crippen LogP contribution < -0.4 is 5.32 Å². The van der Waals surface area contributed by atoms with Crippen molar-refractivity contribution in [2.24, 2.45) is 0 Å². The lowest BCUT2D eigenvalue weighted by atomic mass is 10.1. The van der Waals surface area contributed by atoms with E-state index in [0.29, 0.717) is 12.1 Å². The van der Waals surface area contributed by atoms with E-state index in [0.717, 1.165) is 13.1 Å². The predicted octanol–water partition coefficient (Wildman–Crippen LogP) is 1.93. The van der Waals surface area contributed by atoms with Gasteiger partial charge < -0.3 is 10.1 Å². The molecule has 110 valence electrons. The first-order valence-electron chi connectivity index (χ1n) is 7.82. The van der Waals surface area contributed by atoms with Gasteiger partial charge in [0.15, 0.2) is 0 Å². The summed E-state index contributed by atoms with van der Waals surface area (Å²) in [6, 6.07) is 1.02. The van der Waals surface area contributed by atoms with E-state index in [-0.39, 0.29) is 12.0 Å². The van der Waals surface area contributed by atoms with Crippen LogP contribution in [0.15, 0.2) is 0 Å². The van der Waals surface area contributed by atoms with Crippen LogP contribution in [0.5, 0.6) is 0 Å². The molecule has 1 aliphatic carbocycles. The van der Waals surface area contributed by atoms with Crippen molar-refractivity contribution in [1.29, 1.82) is 0 Å². The number of hydrogen-bond acceptors (Lipinski definition) is 4. The van der Waals surface area contributed by atoms with Crippen molar-refractivity contribution in [3.63, 3.8) is 0 Å². The van der Waals surface area contributed by atoms with Gasteiger partial charge in [0.25, 0.3) is 0 Å². The average Bonchev–Trinajstić information content (AvgIpc) is 3.24. The van der Waals surface area contributed by atoms with E-state index in [1.165, 1.54) is 52.1 Å². The molecule has 1 heterocycles. The number of ether oxygens (including phenoxy) is 1. The van der Waals surface area contributed by atoms with Crippen LogP contribution in [0.3, 0.4) is 0 Å². The maximum absolute atomic E-state index is 11.9. The monoisotopic (exact) mass is 268 g/mol. The third-order valence-electron chi connectivity index (χ3n) is 4.39. The molecule has 2 rings (SSSR count). The summed E-state index contributed by atoms with van der Waals surface area (Å²) in [7, 11) is 1.49.